The Labute approximate surface area is 129 Å². The van der Waals surface area contributed by atoms with E-state index in [0.717, 1.165) is 24.6 Å². The molecule has 0 spiro atoms. The highest BCUT2D eigenvalue weighted by Crippen LogP contribution is 2.26. The van der Waals surface area contributed by atoms with Crippen LogP contribution in [0.2, 0.25) is 0 Å². The van der Waals surface area contributed by atoms with E-state index < -0.39 is 6.10 Å². The quantitative estimate of drug-likeness (QED) is 0.842. The Kier molecular flexibility index (Phi) is 4.55. The van der Waals surface area contributed by atoms with E-state index in [-0.39, 0.29) is 6.04 Å². The Hall–Kier alpha value is -2.12. The van der Waals surface area contributed by atoms with Gasteiger partial charge >= 0.3 is 0 Å². The summed E-state index contributed by atoms with van der Waals surface area (Å²) in [6.07, 6.45) is 2.97. The molecule has 3 rings (SSSR count). The maximum atomic E-state index is 10.1. The zero-order valence-corrected chi connectivity index (χ0v) is 12.5. The fourth-order valence-electron chi connectivity index (χ4n) is 2.71. The molecule has 1 aromatic carbocycles. The third-order valence-corrected chi connectivity index (χ3v) is 3.85. The number of nitrogens with zero attached hydrogens (tertiary/aromatic N) is 4. The number of benzene rings is 1. The number of aliphatic hydroxyl groups excluding tert-OH is 1. The third kappa shape index (κ3) is 3.20. The Balaban J connectivity index is 1.50. The van der Waals surface area contributed by atoms with Crippen LogP contribution in [-0.4, -0.2) is 64.5 Å². The van der Waals surface area contributed by atoms with Crippen LogP contribution in [0, 0.1) is 0 Å². The third-order valence-electron chi connectivity index (χ3n) is 3.85. The summed E-state index contributed by atoms with van der Waals surface area (Å²) in [5, 5.41) is 17.9. The van der Waals surface area contributed by atoms with Gasteiger partial charge in [0, 0.05) is 25.8 Å². The lowest BCUT2D eigenvalue weighted by atomic mass is 10.2. The second kappa shape index (κ2) is 6.76. The average molecular weight is 304 g/mol. The van der Waals surface area contributed by atoms with Crippen molar-refractivity contribution in [2.24, 2.45) is 0 Å². The topological polar surface area (TPSA) is 72.6 Å². The van der Waals surface area contributed by atoms with Crippen LogP contribution in [0.25, 0.3) is 0 Å². The lowest BCUT2D eigenvalue weighted by Gasteiger charge is -2.16. The highest BCUT2D eigenvalue weighted by molar-refractivity contribution is 5.39. The lowest BCUT2D eigenvalue weighted by Crippen LogP contribution is -2.27. The molecule has 2 atom stereocenters. The van der Waals surface area contributed by atoms with Crippen LogP contribution in [0.1, 0.15) is 6.04 Å². The van der Waals surface area contributed by atoms with E-state index in [9.17, 15) is 5.11 Å². The molecule has 0 radical (unpaired) electrons. The highest BCUT2D eigenvalue weighted by atomic mass is 16.5. The molecule has 1 aliphatic rings. The molecule has 118 valence electrons. The number of β-amino-alcohol motifs (C(OH)–C–C–N with tert-alkyl or cyclic N) is 1. The van der Waals surface area contributed by atoms with Crippen molar-refractivity contribution >= 4 is 0 Å². The van der Waals surface area contributed by atoms with Crippen LogP contribution in [-0.2, 0) is 0 Å². The van der Waals surface area contributed by atoms with Gasteiger partial charge in [-0.05, 0) is 12.1 Å². The summed E-state index contributed by atoms with van der Waals surface area (Å²) in [5.41, 5.74) is 0. The molecule has 1 aromatic heterocycles. The van der Waals surface area contributed by atoms with Crippen molar-refractivity contribution in [2.75, 3.05) is 33.4 Å². The molecule has 7 heteroatoms. The van der Waals surface area contributed by atoms with E-state index in [1.54, 1.807) is 24.2 Å². The molecule has 1 saturated heterocycles. The van der Waals surface area contributed by atoms with E-state index in [0.29, 0.717) is 13.2 Å². The number of rotatable bonds is 6. The van der Waals surface area contributed by atoms with Crippen LogP contribution >= 0.6 is 0 Å². The number of methoxy groups -OCH3 is 1. The number of hydrogen-bond acceptors (Lipinski definition) is 6. The van der Waals surface area contributed by atoms with Gasteiger partial charge < -0.3 is 14.6 Å². The molecule has 0 unspecified atom stereocenters. The van der Waals surface area contributed by atoms with E-state index in [2.05, 4.69) is 15.2 Å². The summed E-state index contributed by atoms with van der Waals surface area (Å²) in [7, 11) is 1.63. The molecule has 22 heavy (non-hydrogen) atoms. The first-order valence-corrected chi connectivity index (χ1v) is 7.30. The Bertz CT molecular complexity index is 590. The van der Waals surface area contributed by atoms with Gasteiger partial charge in [-0.3, -0.25) is 4.90 Å². The van der Waals surface area contributed by atoms with Gasteiger partial charge in [0.05, 0.1) is 25.5 Å². The van der Waals surface area contributed by atoms with Gasteiger partial charge in [-0.1, -0.05) is 17.3 Å². The van der Waals surface area contributed by atoms with Gasteiger partial charge in [0.15, 0.2) is 11.5 Å². The van der Waals surface area contributed by atoms with Gasteiger partial charge in [0.25, 0.3) is 0 Å². The molecule has 0 amide bonds. The zero-order valence-electron chi connectivity index (χ0n) is 12.5. The standard InChI is InChI=1S/C15H20N4O3/c1-21-14-4-2-3-5-15(14)22-9-8-18-10-12(13(20)11-18)19-7-6-16-17-19/h2-7,12-13,20H,8-11H2,1H3/t12-,13-/m1/s1. The van der Waals surface area contributed by atoms with Crippen molar-refractivity contribution < 1.29 is 14.6 Å². The number of aliphatic hydroxyl groups is 1. The minimum atomic E-state index is -0.437. The lowest BCUT2D eigenvalue weighted by molar-refractivity contribution is 0.136. The van der Waals surface area contributed by atoms with Crippen LogP contribution < -0.4 is 9.47 Å². The zero-order chi connectivity index (χ0) is 15.4. The summed E-state index contributed by atoms with van der Waals surface area (Å²) >= 11 is 0. The molecule has 1 fully saturated rings. The van der Waals surface area contributed by atoms with Gasteiger partial charge in [-0.2, -0.15) is 0 Å². The molecule has 2 heterocycles. The van der Waals surface area contributed by atoms with Crippen molar-refractivity contribution in [3.63, 3.8) is 0 Å². The predicted octanol–water partition coefficient (Wildman–Crippen LogP) is 0.583. The molecule has 0 saturated carbocycles. The van der Waals surface area contributed by atoms with Crippen LogP contribution in [0.3, 0.4) is 0 Å². The second-order valence-corrected chi connectivity index (χ2v) is 5.28. The Morgan fingerprint density at radius 3 is 2.82 bits per heavy atom. The normalized spacial score (nSPS) is 21.9. The first kappa shape index (κ1) is 14.8. The van der Waals surface area contributed by atoms with Gasteiger partial charge in [0.1, 0.15) is 6.61 Å². The van der Waals surface area contributed by atoms with Crippen LogP contribution in [0.4, 0.5) is 0 Å². The van der Waals surface area contributed by atoms with Gasteiger partial charge in [-0.25, -0.2) is 4.68 Å². The first-order valence-electron chi connectivity index (χ1n) is 7.30. The van der Waals surface area contributed by atoms with Crippen molar-refractivity contribution in [2.45, 2.75) is 12.1 Å². The van der Waals surface area contributed by atoms with E-state index >= 15 is 0 Å². The monoisotopic (exact) mass is 304 g/mol. The fraction of sp³-hybridized carbons (Fsp3) is 0.467. The van der Waals surface area contributed by atoms with Crippen molar-refractivity contribution in [1.82, 2.24) is 19.9 Å². The number of ether oxygens (including phenoxy) is 2. The minimum absolute atomic E-state index is 0.0474. The molecule has 1 N–H and O–H groups in total. The van der Waals surface area contributed by atoms with Crippen LogP contribution in [0.5, 0.6) is 11.5 Å². The Morgan fingerprint density at radius 2 is 2.09 bits per heavy atom. The SMILES string of the molecule is COc1ccccc1OCCN1C[C@@H](O)[C@H](n2ccnn2)C1. The summed E-state index contributed by atoms with van der Waals surface area (Å²) in [6, 6.07) is 7.53. The largest absolute Gasteiger partial charge is 0.493 e. The van der Waals surface area contributed by atoms with Crippen molar-refractivity contribution in [3.8, 4) is 11.5 Å². The van der Waals surface area contributed by atoms with Crippen molar-refractivity contribution in [1.29, 1.82) is 0 Å². The minimum Gasteiger partial charge on any atom is -0.493 e. The van der Waals surface area contributed by atoms with Gasteiger partial charge in [0.2, 0.25) is 0 Å². The fourth-order valence-corrected chi connectivity index (χ4v) is 2.71. The second-order valence-electron chi connectivity index (χ2n) is 5.28. The average Bonchev–Trinajstić information content (AvgIpc) is 3.17. The summed E-state index contributed by atoms with van der Waals surface area (Å²) in [5.74, 6) is 1.46. The van der Waals surface area contributed by atoms with E-state index in [1.807, 2.05) is 24.3 Å². The predicted molar refractivity (Wildman–Crippen MR) is 80.0 cm³/mol. The number of hydrogen-bond donors (Lipinski definition) is 1. The first-order chi connectivity index (χ1) is 10.8. The van der Waals surface area contributed by atoms with Crippen molar-refractivity contribution in [3.05, 3.63) is 36.7 Å². The highest BCUT2D eigenvalue weighted by Gasteiger charge is 2.32. The smallest absolute Gasteiger partial charge is 0.161 e. The maximum absolute atomic E-state index is 10.1. The molecule has 0 aliphatic carbocycles. The van der Waals surface area contributed by atoms with E-state index in [4.69, 9.17) is 9.47 Å². The summed E-state index contributed by atoms with van der Waals surface area (Å²) < 4.78 is 12.7. The summed E-state index contributed by atoms with van der Waals surface area (Å²) in [6.45, 7) is 2.62. The molecule has 1 aliphatic heterocycles. The molecular weight excluding hydrogens is 284 g/mol. The van der Waals surface area contributed by atoms with Crippen LogP contribution in [0.15, 0.2) is 36.7 Å². The Morgan fingerprint density at radius 1 is 1.27 bits per heavy atom. The molecule has 0 bridgehead atoms. The van der Waals surface area contributed by atoms with E-state index in [1.165, 1.54) is 0 Å². The number of likely N-dealkylation sites (tertiary alicyclic amines) is 1. The molecule has 2 aromatic rings. The molecular formula is C15H20N4O3. The number of para-hydroxylation sites is 2. The number of aromatic nitrogens is 3. The molecule has 7 nitrogen and oxygen atoms in total. The summed E-state index contributed by atoms with van der Waals surface area (Å²) in [4.78, 5) is 2.16. The van der Waals surface area contributed by atoms with Gasteiger partial charge in [-0.15, -0.1) is 5.10 Å². The maximum Gasteiger partial charge on any atom is 0.161 e.